The minimum absolute atomic E-state index is 0.0288. The van der Waals surface area contributed by atoms with E-state index in [4.69, 9.17) is 9.47 Å². The summed E-state index contributed by atoms with van der Waals surface area (Å²) in [5.74, 6) is 0.838. The number of anilines is 1. The van der Waals surface area contributed by atoms with Gasteiger partial charge in [0.25, 0.3) is 0 Å². The van der Waals surface area contributed by atoms with E-state index in [0.29, 0.717) is 0 Å². The first-order chi connectivity index (χ1) is 9.71. The Bertz CT molecular complexity index is 441. The molecule has 2 saturated heterocycles. The molecule has 0 aliphatic carbocycles. The van der Waals surface area contributed by atoms with Gasteiger partial charge in [-0.1, -0.05) is 0 Å². The summed E-state index contributed by atoms with van der Waals surface area (Å²) in [4.78, 5) is 11.1. The van der Waals surface area contributed by atoms with Crippen molar-refractivity contribution in [2.24, 2.45) is 0 Å². The summed E-state index contributed by atoms with van der Waals surface area (Å²) in [6, 6.07) is 0. The molecular formula is C15H23N3O2. The summed E-state index contributed by atoms with van der Waals surface area (Å²) in [6.45, 7) is 7.49. The van der Waals surface area contributed by atoms with Crippen molar-refractivity contribution in [3.05, 3.63) is 18.0 Å². The van der Waals surface area contributed by atoms with Crippen LogP contribution < -0.4 is 4.90 Å². The van der Waals surface area contributed by atoms with Gasteiger partial charge in [-0.15, -0.1) is 0 Å². The smallest absolute Gasteiger partial charge is 0.225 e. The first-order valence-corrected chi connectivity index (χ1v) is 7.50. The molecule has 2 aliphatic heterocycles. The second-order valence-corrected chi connectivity index (χ2v) is 5.82. The molecule has 0 amide bonds. The third kappa shape index (κ3) is 2.79. The molecule has 1 aromatic rings. The second kappa shape index (κ2) is 5.66. The maximum Gasteiger partial charge on any atom is 0.225 e. The van der Waals surface area contributed by atoms with Gasteiger partial charge in [0.05, 0.1) is 18.3 Å². The van der Waals surface area contributed by atoms with E-state index in [1.54, 1.807) is 0 Å². The number of nitrogens with zero attached hydrogens (tertiary/aromatic N) is 3. The second-order valence-electron chi connectivity index (χ2n) is 5.82. The van der Waals surface area contributed by atoms with Crippen LogP contribution in [0.4, 0.5) is 5.95 Å². The zero-order valence-corrected chi connectivity index (χ0v) is 12.3. The Labute approximate surface area is 120 Å². The van der Waals surface area contributed by atoms with Gasteiger partial charge in [-0.3, -0.25) is 0 Å². The Morgan fingerprint density at radius 2 is 2.05 bits per heavy atom. The molecule has 2 aliphatic rings. The Balaban J connectivity index is 1.58. The van der Waals surface area contributed by atoms with Crippen molar-refractivity contribution >= 4 is 5.95 Å². The third-order valence-electron chi connectivity index (χ3n) is 4.30. The summed E-state index contributed by atoms with van der Waals surface area (Å²) >= 11 is 0. The van der Waals surface area contributed by atoms with Crippen molar-refractivity contribution in [1.82, 2.24) is 9.97 Å². The third-order valence-corrected chi connectivity index (χ3v) is 4.30. The highest BCUT2D eigenvalue weighted by atomic mass is 16.6. The molecule has 5 heteroatoms. The zero-order valence-electron chi connectivity index (χ0n) is 12.3. The molecule has 20 heavy (non-hydrogen) atoms. The fourth-order valence-corrected chi connectivity index (χ4v) is 3.16. The van der Waals surface area contributed by atoms with E-state index >= 15 is 0 Å². The lowest BCUT2D eigenvalue weighted by molar-refractivity contribution is -0.0191. The molecule has 0 saturated carbocycles. The number of rotatable bonds is 3. The predicted molar refractivity (Wildman–Crippen MR) is 76.9 cm³/mol. The van der Waals surface area contributed by atoms with Crippen LogP contribution in [0.3, 0.4) is 0 Å². The Hall–Kier alpha value is -1.20. The zero-order chi connectivity index (χ0) is 14.0. The molecule has 3 heterocycles. The standard InChI is InChI=1S/C15H23N3O2/c1-3-19-13-8-15(20-11-13)4-6-18(7-5-15)14-16-9-12(2)10-17-14/h9-10,13H,3-8,11H2,1-2H3/t13-/m1/s1. The van der Waals surface area contributed by atoms with E-state index in [-0.39, 0.29) is 11.7 Å². The van der Waals surface area contributed by atoms with Crippen LogP contribution in [0, 0.1) is 6.92 Å². The lowest BCUT2D eigenvalue weighted by Crippen LogP contribution is -2.45. The van der Waals surface area contributed by atoms with Gasteiger partial charge in [0.1, 0.15) is 0 Å². The highest BCUT2D eigenvalue weighted by Gasteiger charge is 2.43. The molecule has 0 aromatic carbocycles. The molecule has 0 bridgehead atoms. The quantitative estimate of drug-likeness (QED) is 0.845. The van der Waals surface area contributed by atoms with E-state index in [1.807, 2.05) is 26.2 Å². The highest BCUT2D eigenvalue weighted by molar-refractivity contribution is 5.31. The van der Waals surface area contributed by atoms with E-state index in [0.717, 1.165) is 57.1 Å². The number of ether oxygens (including phenoxy) is 2. The average Bonchev–Trinajstić information content (AvgIpc) is 2.84. The molecule has 0 unspecified atom stereocenters. The fourth-order valence-electron chi connectivity index (χ4n) is 3.16. The van der Waals surface area contributed by atoms with Crippen molar-refractivity contribution in [2.45, 2.75) is 44.8 Å². The molecular weight excluding hydrogens is 254 g/mol. The van der Waals surface area contributed by atoms with Crippen LogP contribution in [0.2, 0.25) is 0 Å². The van der Waals surface area contributed by atoms with Crippen LogP contribution in [-0.4, -0.2) is 48.0 Å². The summed E-state index contributed by atoms with van der Waals surface area (Å²) in [5, 5.41) is 0. The topological polar surface area (TPSA) is 47.5 Å². The van der Waals surface area contributed by atoms with Gasteiger partial charge < -0.3 is 14.4 Å². The van der Waals surface area contributed by atoms with Crippen LogP contribution in [0.25, 0.3) is 0 Å². The number of piperidine rings is 1. The van der Waals surface area contributed by atoms with Gasteiger partial charge in [0.2, 0.25) is 5.95 Å². The van der Waals surface area contributed by atoms with Crippen LogP contribution in [0.5, 0.6) is 0 Å². The highest BCUT2D eigenvalue weighted by Crippen LogP contribution is 2.37. The van der Waals surface area contributed by atoms with Gasteiger partial charge in [-0.05, 0) is 32.3 Å². The van der Waals surface area contributed by atoms with Crippen molar-refractivity contribution in [3.63, 3.8) is 0 Å². The van der Waals surface area contributed by atoms with E-state index in [2.05, 4.69) is 14.9 Å². The van der Waals surface area contributed by atoms with Crippen LogP contribution >= 0.6 is 0 Å². The maximum absolute atomic E-state index is 6.06. The van der Waals surface area contributed by atoms with Gasteiger partial charge in [-0.25, -0.2) is 9.97 Å². The van der Waals surface area contributed by atoms with Crippen molar-refractivity contribution in [2.75, 3.05) is 31.2 Å². The van der Waals surface area contributed by atoms with Crippen LogP contribution in [-0.2, 0) is 9.47 Å². The number of hydrogen-bond acceptors (Lipinski definition) is 5. The molecule has 1 atom stereocenters. The largest absolute Gasteiger partial charge is 0.376 e. The van der Waals surface area contributed by atoms with E-state index in [9.17, 15) is 0 Å². The summed E-state index contributed by atoms with van der Waals surface area (Å²) in [7, 11) is 0. The first-order valence-electron chi connectivity index (χ1n) is 7.50. The molecule has 110 valence electrons. The van der Waals surface area contributed by atoms with Gasteiger partial charge >= 0.3 is 0 Å². The molecule has 1 aromatic heterocycles. The molecule has 0 N–H and O–H groups in total. The number of hydrogen-bond donors (Lipinski definition) is 0. The maximum atomic E-state index is 6.06. The summed E-state index contributed by atoms with van der Waals surface area (Å²) in [5.41, 5.74) is 1.13. The number of aryl methyl sites for hydroxylation is 1. The Kier molecular flexibility index (Phi) is 3.89. The van der Waals surface area contributed by atoms with Gasteiger partial charge in [-0.2, -0.15) is 0 Å². The molecule has 2 fully saturated rings. The molecule has 3 rings (SSSR count). The lowest BCUT2D eigenvalue weighted by atomic mass is 9.88. The minimum Gasteiger partial charge on any atom is -0.376 e. The van der Waals surface area contributed by atoms with Crippen LogP contribution in [0.1, 0.15) is 31.7 Å². The lowest BCUT2D eigenvalue weighted by Gasteiger charge is -2.38. The molecule has 1 spiro atoms. The monoisotopic (exact) mass is 277 g/mol. The van der Waals surface area contributed by atoms with Gasteiger partial charge in [0, 0.05) is 38.5 Å². The van der Waals surface area contributed by atoms with E-state index < -0.39 is 0 Å². The number of aromatic nitrogens is 2. The molecule has 5 nitrogen and oxygen atoms in total. The molecule has 0 radical (unpaired) electrons. The summed E-state index contributed by atoms with van der Waals surface area (Å²) in [6.07, 6.45) is 7.14. The normalized spacial score (nSPS) is 25.3. The van der Waals surface area contributed by atoms with Crippen molar-refractivity contribution in [1.29, 1.82) is 0 Å². The first kappa shape index (κ1) is 13.8. The fraction of sp³-hybridized carbons (Fsp3) is 0.733. The Morgan fingerprint density at radius 1 is 1.35 bits per heavy atom. The minimum atomic E-state index is 0.0288. The predicted octanol–water partition coefficient (Wildman–Crippen LogP) is 1.95. The SMILES string of the molecule is CCO[C@H]1COC2(CCN(c3ncc(C)cn3)CC2)C1. The van der Waals surface area contributed by atoms with Gasteiger partial charge in [0.15, 0.2) is 0 Å². The van der Waals surface area contributed by atoms with Crippen molar-refractivity contribution in [3.8, 4) is 0 Å². The van der Waals surface area contributed by atoms with Crippen LogP contribution in [0.15, 0.2) is 12.4 Å². The average molecular weight is 277 g/mol. The van der Waals surface area contributed by atoms with Crippen molar-refractivity contribution < 1.29 is 9.47 Å². The van der Waals surface area contributed by atoms with E-state index in [1.165, 1.54) is 0 Å². The Morgan fingerprint density at radius 3 is 2.70 bits per heavy atom. The summed E-state index contributed by atoms with van der Waals surface area (Å²) < 4.78 is 11.7.